The molecule has 0 unspecified atom stereocenters. The number of nitrogens with zero attached hydrogens (tertiary/aromatic N) is 1. The molecule has 1 aromatic rings. The Balaban J connectivity index is 1.95. The zero-order chi connectivity index (χ0) is 13.0. The largest absolute Gasteiger partial charge is 0.480 e. The molecule has 1 heterocycles. The van der Waals surface area contributed by atoms with Gasteiger partial charge in [0.1, 0.15) is 11.8 Å². The molecule has 0 aromatic heterocycles. The number of ketones is 1. The number of carbonyl (C=O) groups is 2. The van der Waals surface area contributed by atoms with Crippen LogP contribution in [0.15, 0.2) is 30.3 Å². The Kier molecular flexibility index (Phi) is 4.10. The van der Waals surface area contributed by atoms with E-state index in [0.29, 0.717) is 19.5 Å². The molecule has 1 fully saturated rings. The van der Waals surface area contributed by atoms with E-state index in [4.69, 9.17) is 5.11 Å². The summed E-state index contributed by atoms with van der Waals surface area (Å²) in [5, 5.41) is 9.13. The number of carboxylic acid groups (broad SMARTS) is 1. The maximum atomic E-state index is 11.3. The molecule has 1 atom stereocenters. The predicted molar refractivity (Wildman–Crippen MR) is 67.4 cm³/mol. The minimum absolute atomic E-state index is 0.0540. The smallest absolute Gasteiger partial charge is 0.321 e. The molecule has 0 amide bonds. The van der Waals surface area contributed by atoms with Crippen molar-refractivity contribution in [1.29, 1.82) is 0 Å². The predicted octanol–water partition coefficient (Wildman–Crippen LogP) is 1.35. The van der Waals surface area contributed by atoms with Gasteiger partial charge in [0.15, 0.2) is 0 Å². The van der Waals surface area contributed by atoms with Gasteiger partial charge in [0, 0.05) is 25.9 Å². The molecule has 96 valence electrons. The van der Waals surface area contributed by atoms with Crippen LogP contribution in [0.25, 0.3) is 0 Å². The van der Waals surface area contributed by atoms with Crippen LogP contribution < -0.4 is 0 Å². The van der Waals surface area contributed by atoms with Gasteiger partial charge < -0.3 is 5.11 Å². The minimum atomic E-state index is -0.892. The highest BCUT2D eigenvalue weighted by Gasteiger charge is 2.31. The fourth-order valence-electron chi connectivity index (χ4n) is 2.30. The van der Waals surface area contributed by atoms with Gasteiger partial charge in [0.2, 0.25) is 0 Å². The molecule has 1 aliphatic rings. The Hall–Kier alpha value is -1.68. The molecule has 0 aliphatic carbocycles. The number of aliphatic carboxylic acids is 1. The Bertz CT molecular complexity index is 430. The molecule has 0 spiro atoms. The molecule has 1 aliphatic heterocycles. The van der Waals surface area contributed by atoms with E-state index < -0.39 is 12.0 Å². The molecule has 1 N–H and O–H groups in total. The van der Waals surface area contributed by atoms with Crippen LogP contribution in [-0.2, 0) is 16.0 Å². The van der Waals surface area contributed by atoms with Gasteiger partial charge in [-0.05, 0) is 12.0 Å². The number of carbonyl (C=O) groups excluding carboxylic acids is 1. The number of piperidine rings is 1. The third kappa shape index (κ3) is 3.17. The van der Waals surface area contributed by atoms with Crippen LogP contribution in [0.3, 0.4) is 0 Å². The van der Waals surface area contributed by atoms with Crippen LogP contribution in [0, 0.1) is 0 Å². The van der Waals surface area contributed by atoms with Crippen LogP contribution in [0.2, 0.25) is 0 Å². The fraction of sp³-hybridized carbons (Fsp3) is 0.429. The van der Waals surface area contributed by atoms with Crippen LogP contribution in [0.4, 0.5) is 0 Å². The lowest BCUT2D eigenvalue weighted by Gasteiger charge is -2.32. The second-order valence-electron chi connectivity index (χ2n) is 4.62. The molecule has 2 rings (SSSR count). The van der Waals surface area contributed by atoms with Gasteiger partial charge in [-0.2, -0.15) is 0 Å². The molecule has 4 nitrogen and oxygen atoms in total. The lowest BCUT2D eigenvalue weighted by Crippen LogP contribution is -2.48. The summed E-state index contributed by atoms with van der Waals surface area (Å²) in [5.74, 6) is -0.838. The van der Waals surface area contributed by atoms with Crippen molar-refractivity contribution < 1.29 is 14.7 Å². The van der Waals surface area contributed by atoms with E-state index in [9.17, 15) is 9.59 Å². The molecule has 1 aromatic carbocycles. The van der Waals surface area contributed by atoms with Crippen molar-refractivity contribution in [2.24, 2.45) is 0 Å². The maximum Gasteiger partial charge on any atom is 0.321 e. The zero-order valence-electron chi connectivity index (χ0n) is 10.2. The number of Topliss-reactive ketones (excluding diaryl/α,β-unsaturated/α-hetero) is 1. The average Bonchev–Trinajstić information content (AvgIpc) is 2.38. The quantitative estimate of drug-likeness (QED) is 0.872. The van der Waals surface area contributed by atoms with Gasteiger partial charge in [0.25, 0.3) is 0 Å². The van der Waals surface area contributed by atoms with Crippen molar-refractivity contribution in [1.82, 2.24) is 4.90 Å². The van der Waals surface area contributed by atoms with E-state index in [1.165, 1.54) is 5.56 Å². The summed E-state index contributed by atoms with van der Waals surface area (Å²) in [5.41, 5.74) is 1.19. The van der Waals surface area contributed by atoms with E-state index in [0.717, 1.165) is 6.42 Å². The Morgan fingerprint density at radius 3 is 2.72 bits per heavy atom. The summed E-state index contributed by atoms with van der Waals surface area (Å²) in [4.78, 5) is 24.3. The number of benzene rings is 1. The van der Waals surface area contributed by atoms with Crippen molar-refractivity contribution >= 4 is 11.8 Å². The van der Waals surface area contributed by atoms with Gasteiger partial charge in [-0.15, -0.1) is 0 Å². The fourth-order valence-corrected chi connectivity index (χ4v) is 2.30. The molecular weight excluding hydrogens is 230 g/mol. The topological polar surface area (TPSA) is 57.6 Å². The van der Waals surface area contributed by atoms with Crippen LogP contribution >= 0.6 is 0 Å². The second-order valence-corrected chi connectivity index (χ2v) is 4.62. The van der Waals surface area contributed by atoms with E-state index in [1.54, 1.807) is 0 Å². The second kappa shape index (κ2) is 5.78. The van der Waals surface area contributed by atoms with Crippen molar-refractivity contribution in [2.45, 2.75) is 25.3 Å². The van der Waals surface area contributed by atoms with Gasteiger partial charge in [-0.1, -0.05) is 30.3 Å². The van der Waals surface area contributed by atoms with Gasteiger partial charge in [-0.3, -0.25) is 14.5 Å². The summed E-state index contributed by atoms with van der Waals surface area (Å²) in [7, 11) is 0. The SMILES string of the molecule is O=C1CCN(CCc2ccccc2)[C@H](C(=O)O)C1. The average molecular weight is 247 g/mol. The van der Waals surface area contributed by atoms with Crippen molar-refractivity contribution in [3.8, 4) is 0 Å². The summed E-state index contributed by atoms with van der Waals surface area (Å²) >= 11 is 0. The van der Waals surface area contributed by atoms with Crippen LogP contribution in [0.5, 0.6) is 0 Å². The Morgan fingerprint density at radius 2 is 2.06 bits per heavy atom. The summed E-state index contributed by atoms with van der Waals surface area (Å²) in [6, 6.07) is 9.33. The van der Waals surface area contributed by atoms with Crippen molar-refractivity contribution in [3.05, 3.63) is 35.9 Å². The molecular formula is C14H17NO3. The lowest BCUT2D eigenvalue weighted by atomic mass is 10.00. The Labute approximate surface area is 106 Å². The summed E-state index contributed by atoms with van der Waals surface area (Å²) < 4.78 is 0. The minimum Gasteiger partial charge on any atom is -0.480 e. The first-order valence-electron chi connectivity index (χ1n) is 6.19. The number of hydrogen-bond acceptors (Lipinski definition) is 3. The van der Waals surface area contributed by atoms with Gasteiger partial charge in [0.05, 0.1) is 0 Å². The van der Waals surface area contributed by atoms with Gasteiger partial charge in [-0.25, -0.2) is 0 Å². The third-order valence-corrected chi connectivity index (χ3v) is 3.36. The van der Waals surface area contributed by atoms with Crippen LogP contribution in [0.1, 0.15) is 18.4 Å². The molecule has 0 radical (unpaired) electrons. The highest BCUT2D eigenvalue weighted by atomic mass is 16.4. The summed E-state index contributed by atoms with van der Waals surface area (Å²) in [6.45, 7) is 1.25. The third-order valence-electron chi connectivity index (χ3n) is 3.36. The van der Waals surface area contributed by atoms with E-state index in [-0.39, 0.29) is 12.2 Å². The van der Waals surface area contributed by atoms with Crippen LogP contribution in [-0.4, -0.2) is 40.9 Å². The monoisotopic (exact) mass is 247 g/mol. The molecule has 1 saturated heterocycles. The normalized spacial score (nSPS) is 20.9. The highest BCUT2D eigenvalue weighted by molar-refractivity contribution is 5.87. The van der Waals surface area contributed by atoms with E-state index in [1.807, 2.05) is 35.2 Å². The van der Waals surface area contributed by atoms with E-state index >= 15 is 0 Å². The lowest BCUT2D eigenvalue weighted by molar-refractivity contribution is -0.147. The summed E-state index contributed by atoms with van der Waals surface area (Å²) in [6.07, 6.45) is 1.43. The Morgan fingerprint density at radius 1 is 1.33 bits per heavy atom. The highest BCUT2D eigenvalue weighted by Crippen LogP contribution is 2.15. The van der Waals surface area contributed by atoms with Crippen molar-refractivity contribution in [2.75, 3.05) is 13.1 Å². The number of carboxylic acids is 1. The first-order chi connectivity index (χ1) is 8.66. The number of hydrogen-bond donors (Lipinski definition) is 1. The molecule has 0 saturated carbocycles. The van der Waals surface area contributed by atoms with Crippen molar-refractivity contribution in [3.63, 3.8) is 0 Å². The number of rotatable bonds is 4. The standard InChI is InChI=1S/C14H17NO3/c16-12-7-9-15(13(10-12)14(17)18)8-6-11-4-2-1-3-5-11/h1-5,13H,6-10H2,(H,17,18)/t13-/m0/s1. The molecule has 18 heavy (non-hydrogen) atoms. The van der Waals surface area contributed by atoms with E-state index in [2.05, 4.69) is 0 Å². The van der Waals surface area contributed by atoms with Gasteiger partial charge >= 0.3 is 5.97 Å². The maximum absolute atomic E-state index is 11.3. The molecule has 4 heteroatoms. The molecule has 0 bridgehead atoms. The zero-order valence-corrected chi connectivity index (χ0v) is 10.2. The first-order valence-corrected chi connectivity index (χ1v) is 6.19. The number of likely N-dealkylation sites (tertiary alicyclic amines) is 1. The first kappa shape index (κ1) is 12.8.